The molecule has 132 valence electrons. The van der Waals surface area contributed by atoms with Crippen LogP contribution in [0.3, 0.4) is 0 Å². The molecule has 0 fully saturated rings. The van der Waals surface area contributed by atoms with Crippen molar-refractivity contribution < 1.29 is 14.0 Å². The lowest BCUT2D eigenvalue weighted by molar-refractivity contribution is 0.0735. The highest BCUT2D eigenvalue weighted by Crippen LogP contribution is 2.29. The Bertz CT molecular complexity index is 1000. The van der Waals surface area contributed by atoms with Gasteiger partial charge in [-0.2, -0.15) is 0 Å². The van der Waals surface area contributed by atoms with Crippen LogP contribution in [0.4, 0.5) is 5.13 Å². The summed E-state index contributed by atoms with van der Waals surface area (Å²) < 4.78 is 5.06. The van der Waals surface area contributed by atoms with Crippen molar-refractivity contribution in [1.82, 2.24) is 14.9 Å². The van der Waals surface area contributed by atoms with Gasteiger partial charge in [-0.05, 0) is 18.2 Å². The van der Waals surface area contributed by atoms with E-state index in [0.29, 0.717) is 30.2 Å². The second kappa shape index (κ2) is 6.60. The van der Waals surface area contributed by atoms with Crippen LogP contribution in [0.5, 0.6) is 0 Å². The normalized spacial score (nSPS) is 13.3. The first kappa shape index (κ1) is 16.3. The molecule has 0 aromatic carbocycles. The average molecular weight is 370 g/mol. The molecule has 0 spiro atoms. The SMILES string of the molecule is O=C(Nc1nc2c(s1)CN(C(=O)c1ccc(=O)[nH]c1)CC2)c1ccco1. The Kier molecular flexibility index (Phi) is 4.13. The fraction of sp³-hybridized carbons (Fsp3) is 0.176. The summed E-state index contributed by atoms with van der Waals surface area (Å²) in [6.07, 6.45) is 3.46. The highest BCUT2D eigenvalue weighted by Gasteiger charge is 2.25. The molecule has 1 aliphatic heterocycles. The maximum Gasteiger partial charge on any atom is 0.293 e. The maximum atomic E-state index is 12.6. The number of nitrogens with zero attached hydrogens (tertiary/aromatic N) is 2. The molecule has 0 atom stereocenters. The van der Waals surface area contributed by atoms with Gasteiger partial charge in [-0.1, -0.05) is 11.3 Å². The second-order valence-corrected chi connectivity index (χ2v) is 6.82. The van der Waals surface area contributed by atoms with Gasteiger partial charge in [0.15, 0.2) is 10.9 Å². The lowest BCUT2D eigenvalue weighted by atomic mass is 10.1. The third-order valence-electron chi connectivity index (χ3n) is 4.02. The van der Waals surface area contributed by atoms with E-state index in [1.165, 1.54) is 35.9 Å². The minimum absolute atomic E-state index is 0.151. The van der Waals surface area contributed by atoms with Gasteiger partial charge in [-0.15, -0.1) is 0 Å². The number of aromatic nitrogens is 2. The van der Waals surface area contributed by atoms with E-state index in [1.807, 2.05) is 0 Å². The summed E-state index contributed by atoms with van der Waals surface area (Å²) in [7, 11) is 0. The zero-order chi connectivity index (χ0) is 18.1. The molecule has 0 unspecified atom stereocenters. The quantitative estimate of drug-likeness (QED) is 0.732. The molecular weight excluding hydrogens is 356 g/mol. The topological polar surface area (TPSA) is 108 Å². The number of nitrogens with one attached hydrogen (secondary N) is 2. The monoisotopic (exact) mass is 370 g/mol. The lowest BCUT2D eigenvalue weighted by Gasteiger charge is -2.26. The largest absolute Gasteiger partial charge is 0.459 e. The Morgan fingerprint density at radius 1 is 1.31 bits per heavy atom. The molecule has 4 rings (SSSR count). The van der Waals surface area contributed by atoms with Gasteiger partial charge in [0.2, 0.25) is 5.56 Å². The average Bonchev–Trinajstić information content (AvgIpc) is 3.30. The lowest BCUT2D eigenvalue weighted by Crippen LogP contribution is -2.35. The Balaban J connectivity index is 1.48. The van der Waals surface area contributed by atoms with Crippen LogP contribution in [0.2, 0.25) is 0 Å². The molecule has 0 saturated heterocycles. The molecule has 4 heterocycles. The van der Waals surface area contributed by atoms with Crippen LogP contribution >= 0.6 is 11.3 Å². The summed E-state index contributed by atoms with van der Waals surface area (Å²) in [5.41, 5.74) is 1.07. The van der Waals surface area contributed by atoms with Gasteiger partial charge in [0.1, 0.15) is 0 Å². The number of aromatic amines is 1. The second-order valence-electron chi connectivity index (χ2n) is 5.74. The van der Waals surface area contributed by atoms with Crippen molar-refractivity contribution >= 4 is 28.3 Å². The van der Waals surface area contributed by atoms with E-state index in [2.05, 4.69) is 15.3 Å². The standard InChI is InChI=1S/C17H14N4O4S/c22-14-4-3-10(8-18-14)16(24)21-6-5-11-13(9-21)26-17(19-11)20-15(23)12-2-1-7-25-12/h1-4,7-8H,5-6,9H2,(H,18,22)(H,19,20,23). The van der Waals surface area contributed by atoms with Crippen molar-refractivity contribution in [3.05, 3.63) is 69.0 Å². The van der Waals surface area contributed by atoms with Crippen LogP contribution in [0.1, 0.15) is 31.5 Å². The van der Waals surface area contributed by atoms with Crippen LogP contribution < -0.4 is 10.9 Å². The number of hydrogen-bond donors (Lipinski definition) is 2. The molecule has 0 aliphatic carbocycles. The van der Waals surface area contributed by atoms with Crippen molar-refractivity contribution in [2.45, 2.75) is 13.0 Å². The number of hydrogen-bond acceptors (Lipinski definition) is 6. The molecule has 0 radical (unpaired) electrons. The third kappa shape index (κ3) is 3.16. The summed E-state index contributed by atoms with van der Waals surface area (Å²) in [5.74, 6) is -0.295. The van der Waals surface area contributed by atoms with Crippen LogP contribution in [0.15, 0.2) is 45.9 Å². The number of anilines is 1. The van der Waals surface area contributed by atoms with Gasteiger partial charge in [-0.3, -0.25) is 19.7 Å². The van der Waals surface area contributed by atoms with E-state index in [-0.39, 0.29) is 23.1 Å². The fourth-order valence-electron chi connectivity index (χ4n) is 2.71. The molecule has 0 bridgehead atoms. The first-order valence-electron chi connectivity index (χ1n) is 7.91. The molecule has 0 saturated carbocycles. The molecule has 9 heteroatoms. The van der Waals surface area contributed by atoms with Crippen LogP contribution in [-0.4, -0.2) is 33.2 Å². The fourth-order valence-corrected chi connectivity index (χ4v) is 3.73. The molecule has 8 nitrogen and oxygen atoms in total. The summed E-state index contributed by atoms with van der Waals surface area (Å²) in [4.78, 5) is 45.3. The number of furan rings is 1. The van der Waals surface area contributed by atoms with E-state index in [4.69, 9.17) is 4.42 Å². The summed E-state index contributed by atoms with van der Waals surface area (Å²) in [6.45, 7) is 0.946. The number of carbonyl (C=O) groups excluding carboxylic acids is 2. The zero-order valence-electron chi connectivity index (χ0n) is 13.5. The van der Waals surface area contributed by atoms with Gasteiger partial charge >= 0.3 is 0 Å². The Labute approximate surface area is 151 Å². The number of fused-ring (bicyclic) bond motifs is 1. The van der Waals surface area contributed by atoms with E-state index in [0.717, 1.165) is 10.6 Å². The van der Waals surface area contributed by atoms with E-state index >= 15 is 0 Å². The molecule has 26 heavy (non-hydrogen) atoms. The van der Waals surface area contributed by atoms with E-state index in [9.17, 15) is 14.4 Å². The van der Waals surface area contributed by atoms with Gasteiger partial charge in [0.25, 0.3) is 11.8 Å². The minimum Gasteiger partial charge on any atom is -0.459 e. The van der Waals surface area contributed by atoms with Gasteiger partial charge in [0, 0.05) is 30.1 Å². The molecular formula is C17H14N4O4S. The number of amides is 2. The van der Waals surface area contributed by atoms with Crippen LogP contribution in [0, 0.1) is 0 Å². The Hall–Kier alpha value is -3.20. The number of rotatable bonds is 3. The highest BCUT2D eigenvalue weighted by atomic mass is 32.1. The van der Waals surface area contributed by atoms with Gasteiger partial charge < -0.3 is 14.3 Å². The minimum atomic E-state index is -0.359. The first-order chi connectivity index (χ1) is 12.6. The maximum absolute atomic E-state index is 12.6. The molecule has 2 N–H and O–H groups in total. The predicted octanol–water partition coefficient (Wildman–Crippen LogP) is 1.88. The number of thiazole rings is 1. The summed E-state index contributed by atoms with van der Waals surface area (Å²) in [6, 6.07) is 6.06. The predicted molar refractivity (Wildman–Crippen MR) is 94.3 cm³/mol. The Morgan fingerprint density at radius 3 is 2.92 bits per heavy atom. The molecule has 3 aromatic heterocycles. The molecule has 2 amide bonds. The van der Waals surface area contributed by atoms with Gasteiger partial charge in [0.05, 0.1) is 24.1 Å². The van der Waals surface area contributed by atoms with Crippen LogP contribution in [-0.2, 0) is 13.0 Å². The van der Waals surface area contributed by atoms with Crippen molar-refractivity contribution in [1.29, 1.82) is 0 Å². The van der Waals surface area contributed by atoms with E-state index in [1.54, 1.807) is 17.0 Å². The zero-order valence-corrected chi connectivity index (χ0v) is 14.3. The van der Waals surface area contributed by atoms with E-state index < -0.39 is 0 Å². The van der Waals surface area contributed by atoms with Crippen molar-refractivity contribution in [3.8, 4) is 0 Å². The van der Waals surface area contributed by atoms with Crippen molar-refractivity contribution in [2.24, 2.45) is 0 Å². The summed E-state index contributed by atoms with van der Waals surface area (Å²) in [5, 5.41) is 3.20. The van der Waals surface area contributed by atoms with Crippen molar-refractivity contribution in [2.75, 3.05) is 11.9 Å². The van der Waals surface area contributed by atoms with Gasteiger partial charge in [-0.25, -0.2) is 4.98 Å². The van der Waals surface area contributed by atoms with Crippen molar-refractivity contribution in [3.63, 3.8) is 0 Å². The summed E-state index contributed by atoms with van der Waals surface area (Å²) >= 11 is 1.34. The number of carbonyl (C=O) groups is 2. The molecule has 3 aromatic rings. The smallest absolute Gasteiger partial charge is 0.293 e. The molecule has 1 aliphatic rings. The Morgan fingerprint density at radius 2 is 2.19 bits per heavy atom. The van der Waals surface area contributed by atoms with Crippen LogP contribution in [0.25, 0.3) is 0 Å². The third-order valence-corrected chi connectivity index (χ3v) is 5.01. The highest BCUT2D eigenvalue weighted by molar-refractivity contribution is 7.15. The first-order valence-corrected chi connectivity index (χ1v) is 8.73. The number of pyridine rings is 1. The number of H-pyrrole nitrogens is 1.